The maximum absolute atomic E-state index is 11.2. The zero-order valence-electron chi connectivity index (χ0n) is 14.6. The van der Waals surface area contributed by atoms with Crippen LogP contribution in [0.25, 0.3) is 11.0 Å². The number of primary amides is 1. The van der Waals surface area contributed by atoms with Gasteiger partial charge in [0, 0.05) is 39.3 Å². The number of imidazole rings is 1. The summed E-state index contributed by atoms with van der Waals surface area (Å²) in [6.07, 6.45) is 0.329. The van der Waals surface area contributed by atoms with Crippen molar-refractivity contribution in [2.24, 2.45) is 11.5 Å². The van der Waals surface area contributed by atoms with Crippen molar-refractivity contribution in [3.63, 3.8) is 0 Å². The van der Waals surface area contributed by atoms with Crippen LogP contribution in [0.5, 0.6) is 5.75 Å². The fraction of sp³-hybridized carbons (Fsp3) is 0.529. The number of rotatable bonds is 6. The molecule has 8 nitrogen and oxygen atoms in total. The number of nitrogens with two attached hydrogens (primary N) is 2. The molecule has 0 spiro atoms. The van der Waals surface area contributed by atoms with Crippen molar-refractivity contribution in [2.45, 2.75) is 19.9 Å². The topological polar surface area (TPSA) is 103 Å². The number of aromatic nitrogens is 2. The zero-order valence-corrected chi connectivity index (χ0v) is 14.6. The molecule has 0 aliphatic carbocycles. The van der Waals surface area contributed by atoms with Gasteiger partial charge >= 0.3 is 6.09 Å². The van der Waals surface area contributed by atoms with E-state index in [0.717, 1.165) is 44.2 Å². The fourth-order valence-corrected chi connectivity index (χ4v) is 3.38. The van der Waals surface area contributed by atoms with Gasteiger partial charge in [-0.15, -0.1) is 0 Å². The third-order valence-electron chi connectivity index (χ3n) is 4.48. The molecule has 2 heterocycles. The van der Waals surface area contributed by atoms with Crippen LogP contribution in [0.1, 0.15) is 13.3 Å². The number of hydrogen-bond donors (Lipinski definition) is 2. The average Bonchev–Trinajstić information content (AvgIpc) is 2.96. The van der Waals surface area contributed by atoms with Crippen molar-refractivity contribution in [2.75, 3.05) is 44.2 Å². The molecule has 1 fully saturated rings. The monoisotopic (exact) mass is 346 g/mol. The van der Waals surface area contributed by atoms with Crippen LogP contribution >= 0.6 is 0 Å². The van der Waals surface area contributed by atoms with Crippen LogP contribution in [0.2, 0.25) is 0 Å². The second kappa shape index (κ2) is 7.71. The van der Waals surface area contributed by atoms with Gasteiger partial charge in [0.25, 0.3) is 0 Å². The fourth-order valence-electron chi connectivity index (χ4n) is 3.38. The largest absolute Gasteiger partial charge is 0.410 e. The number of nitrogens with zero attached hydrogens (tertiary/aromatic N) is 4. The first kappa shape index (κ1) is 17.5. The summed E-state index contributed by atoms with van der Waals surface area (Å²) in [7, 11) is 0. The summed E-state index contributed by atoms with van der Waals surface area (Å²) in [5.74, 6) is 1.25. The Hall–Kier alpha value is -2.32. The van der Waals surface area contributed by atoms with Crippen LogP contribution in [0.15, 0.2) is 18.2 Å². The van der Waals surface area contributed by atoms with E-state index < -0.39 is 6.09 Å². The van der Waals surface area contributed by atoms with Crippen LogP contribution < -0.4 is 21.1 Å². The van der Waals surface area contributed by atoms with E-state index in [1.54, 1.807) is 6.07 Å². The second-order valence-corrected chi connectivity index (χ2v) is 6.23. The highest BCUT2D eigenvalue weighted by Crippen LogP contribution is 2.30. The molecule has 0 bridgehead atoms. The van der Waals surface area contributed by atoms with Crippen molar-refractivity contribution in [1.82, 2.24) is 14.5 Å². The van der Waals surface area contributed by atoms with Gasteiger partial charge in [-0.25, -0.2) is 9.78 Å². The predicted octanol–water partition coefficient (Wildman–Crippen LogP) is 0.985. The normalized spacial score (nSPS) is 15.7. The molecule has 4 N–H and O–H groups in total. The molecule has 1 aromatic carbocycles. The number of para-hydroxylation sites is 1. The first-order valence-electron chi connectivity index (χ1n) is 8.78. The van der Waals surface area contributed by atoms with Crippen LogP contribution in [-0.4, -0.2) is 59.8 Å². The van der Waals surface area contributed by atoms with E-state index in [4.69, 9.17) is 21.2 Å². The quantitative estimate of drug-likeness (QED) is 0.808. The van der Waals surface area contributed by atoms with Crippen molar-refractivity contribution < 1.29 is 9.53 Å². The number of amides is 1. The molecular weight excluding hydrogens is 320 g/mol. The average molecular weight is 346 g/mol. The second-order valence-electron chi connectivity index (χ2n) is 6.23. The Bertz CT molecular complexity index is 736. The Morgan fingerprint density at radius 3 is 2.64 bits per heavy atom. The van der Waals surface area contributed by atoms with E-state index >= 15 is 0 Å². The SMILES string of the molecule is CCCN1CCN(c2nc3c(OC(N)=O)cccc3n2CCN)CC1. The van der Waals surface area contributed by atoms with Gasteiger partial charge in [-0.05, 0) is 25.1 Å². The molecule has 1 amide bonds. The summed E-state index contributed by atoms with van der Waals surface area (Å²) in [5, 5.41) is 0. The molecule has 0 radical (unpaired) electrons. The first-order chi connectivity index (χ1) is 12.1. The smallest absolute Gasteiger partial charge is 0.408 e. The van der Waals surface area contributed by atoms with Gasteiger partial charge in [-0.1, -0.05) is 13.0 Å². The van der Waals surface area contributed by atoms with Gasteiger partial charge in [0.15, 0.2) is 5.75 Å². The van der Waals surface area contributed by atoms with E-state index in [-0.39, 0.29) is 0 Å². The third-order valence-corrected chi connectivity index (χ3v) is 4.48. The molecular formula is C17H26N6O2. The number of ether oxygens (including phenoxy) is 1. The van der Waals surface area contributed by atoms with Crippen LogP contribution in [0.3, 0.4) is 0 Å². The van der Waals surface area contributed by atoms with Crippen molar-refractivity contribution >= 4 is 23.1 Å². The van der Waals surface area contributed by atoms with Crippen LogP contribution in [-0.2, 0) is 6.54 Å². The number of piperazine rings is 1. The van der Waals surface area contributed by atoms with E-state index in [2.05, 4.69) is 21.3 Å². The molecule has 1 aliphatic rings. The zero-order chi connectivity index (χ0) is 17.8. The van der Waals surface area contributed by atoms with Crippen molar-refractivity contribution in [3.05, 3.63) is 18.2 Å². The summed E-state index contributed by atoms with van der Waals surface area (Å²) >= 11 is 0. The minimum absolute atomic E-state index is 0.381. The molecule has 1 aliphatic heterocycles. The van der Waals surface area contributed by atoms with Gasteiger partial charge < -0.3 is 25.7 Å². The lowest BCUT2D eigenvalue weighted by Crippen LogP contribution is -2.47. The Morgan fingerprint density at radius 1 is 1.24 bits per heavy atom. The molecule has 8 heteroatoms. The summed E-state index contributed by atoms with van der Waals surface area (Å²) in [6.45, 7) is 8.36. The van der Waals surface area contributed by atoms with E-state index in [9.17, 15) is 4.79 Å². The summed E-state index contributed by atoms with van der Waals surface area (Å²) in [6, 6.07) is 5.50. The Balaban J connectivity index is 1.94. The molecule has 3 rings (SSSR count). The Labute approximate surface area is 147 Å². The highest BCUT2D eigenvalue weighted by Gasteiger charge is 2.23. The van der Waals surface area contributed by atoms with Crippen LogP contribution in [0, 0.1) is 0 Å². The van der Waals surface area contributed by atoms with Gasteiger partial charge in [-0.3, -0.25) is 4.90 Å². The minimum Gasteiger partial charge on any atom is -0.408 e. The summed E-state index contributed by atoms with van der Waals surface area (Å²) < 4.78 is 7.21. The molecule has 25 heavy (non-hydrogen) atoms. The number of benzene rings is 1. The summed E-state index contributed by atoms with van der Waals surface area (Å²) in [5.41, 5.74) is 12.5. The third kappa shape index (κ3) is 3.69. The van der Waals surface area contributed by atoms with Gasteiger partial charge in [0.2, 0.25) is 5.95 Å². The van der Waals surface area contributed by atoms with E-state index in [1.807, 2.05) is 12.1 Å². The molecule has 2 aromatic rings. The maximum Gasteiger partial charge on any atom is 0.410 e. The van der Waals surface area contributed by atoms with Crippen LogP contribution in [0.4, 0.5) is 10.7 Å². The molecule has 0 saturated carbocycles. The van der Waals surface area contributed by atoms with E-state index in [0.29, 0.717) is 24.4 Å². The van der Waals surface area contributed by atoms with E-state index in [1.165, 1.54) is 6.42 Å². The minimum atomic E-state index is -0.837. The highest BCUT2D eigenvalue weighted by molar-refractivity contribution is 5.87. The summed E-state index contributed by atoms with van der Waals surface area (Å²) in [4.78, 5) is 20.7. The molecule has 1 saturated heterocycles. The lowest BCUT2D eigenvalue weighted by molar-refractivity contribution is 0.211. The molecule has 0 atom stereocenters. The van der Waals surface area contributed by atoms with Gasteiger partial charge in [0.1, 0.15) is 5.52 Å². The maximum atomic E-state index is 11.2. The lowest BCUT2D eigenvalue weighted by Gasteiger charge is -2.35. The van der Waals surface area contributed by atoms with Gasteiger partial charge in [0.05, 0.1) is 5.52 Å². The molecule has 0 unspecified atom stereocenters. The van der Waals surface area contributed by atoms with Crippen molar-refractivity contribution in [3.8, 4) is 5.75 Å². The predicted molar refractivity (Wildman–Crippen MR) is 97.9 cm³/mol. The first-order valence-corrected chi connectivity index (χ1v) is 8.78. The molecule has 136 valence electrons. The Morgan fingerprint density at radius 2 is 2.00 bits per heavy atom. The number of carbonyl (C=O) groups is 1. The number of fused-ring (bicyclic) bond motifs is 1. The molecule has 1 aromatic heterocycles. The van der Waals surface area contributed by atoms with Crippen molar-refractivity contribution in [1.29, 1.82) is 0 Å². The Kier molecular flexibility index (Phi) is 5.40. The number of carbonyl (C=O) groups excluding carboxylic acids is 1. The lowest BCUT2D eigenvalue weighted by atomic mass is 10.3. The number of hydrogen-bond acceptors (Lipinski definition) is 6. The highest BCUT2D eigenvalue weighted by atomic mass is 16.5. The standard InChI is InChI=1S/C17H26N6O2/c1-2-7-21-9-11-22(12-10-21)17-20-15-13(23(17)8-6-18)4-3-5-14(15)25-16(19)24/h3-5H,2,6-12,18H2,1H3,(H2,19,24). The number of anilines is 1. The van der Waals surface area contributed by atoms with Gasteiger partial charge in [-0.2, -0.15) is 0 Å².